The zero-order chi connectivity index (χ0) is 43.9. The number of anilines is 3. The quantitative estimate of drug-likeness (QED) is 0.140. The molecule has 0 spiro atoms. The summed E-state index contributed by atoms with van der Waals surface area (Å²) in [5, 5.41) is 2.50. The van der Waals surface area contributed by atoms with Crippen molar-refractivity contribution in [2.75, 3.05) is 4.90 Å². The third-order valence-corrected chi connectivity index (χ3v) is 13.5. The van der Waals surface area contributed by atoms with Crippen molar-refractivity contribution in [3.63, 3.8) is 0 Å². The van der Waals surface area contributed by atoms with Gasteiger partial charge >= 0.3 is 0 Å². The lowest BCUT2D eigenvalue weighted by Crippen LogP contribution is -2.28. The van der Waals surface area contributed by atoms with E-state index in [9.17, 15) is 0 Å². The maximum Gasteiger partial charge on any atom is 0.0714 e. The van der Waals surface area contributed by atoms with E-state index in [1.54, 1.807) is 0 Å². The number of rotatable bonds is 9. The number of hydrogen-bond donors (Lipinski definition) is 0. The summed E-state index contributed by atoms with van der Waals surface area (Å²) in [6.45, 7) is 0. The lowest BCUT2D eigenvalue weighted by atomic mass is 9.67. The van der Waals surface area contributed by atoms with Crippen molar-refractivity contribution in [1.82, 2.24) is 0 Å². The van der Waals surface area contributed by atoms with Crippen LogP contribution in [0.4, 0.5) is 17.1 Å². The Morgan fingerprint density at radius 1 is 0.258 bits per heavy atom. The Bertz CT molecular complexity index is 3470. The van der Waals surface area contributed by atoms with Gasteiger partial charge in [0, 0.05) is 16.9 Å². The molecule has 0 saturated carbocycles. The van der Waals surface area contributed by atoms with Gasteiger partial charge in [-0.2, -0.15) is 0 Å². The van der Waals surface area contributed by atoms with Crippen molar-refractivity contribution in [3.05, 3.63) is 295 Å². The van der Waals surface area contributed by atoms with Crippen LogP contribution in [0.3, 0.4) is 0 Å². The van der Waals surface area contributed by atoms with Crippen molar-refractivity contribution in [3.8, 4) is 55.6 Å². The number of benzene rings is 11. The number of para-hydroxylation sites is 1. The van der Waals surface area contributed by atoms with Crippen LogP contribution in [0.1, 0.15) is 22.3 Å². The molecular weight excluding hydrogens is 795 g/mol. The van der Waals surface area contributed by atoms with Gasteiger partial charge in [-0.3, -0.25) is 0 Å². The Morgan fingerprint density at radius 2 is 0.758 bits per heavy atom. The number of fused-ring (bicyclic) bond motifs is 4. The molecule has 0 amide bonds. The number of nitrogens with zero attached hydrogens (tertiary/aromatic N) is 1. The van der Waals surface area contributed by atoms with Gasteiger partial charge < -0.3 is 4.90 Å². The second-order valence-corrected chi connectivity index (χ2v) is 17.2. The Kier molecular flexibility index (Phi) is 9.81. The number of hydrogen-bond acceptors (Lipinski definition) is 1. The highest BCUT2D eigenvalue weighted by molar-refractivity contribution is 5.98. The van der Waals surface area contributed by atoms with E-state index < -0.39 is 5.41 Å². The fraction of sp³-hybridized carbons (Fsp3) is 0.0154. The molecule has 11 aromatic rings. The van der Waals surface area contributed by atoms with Crippen molar-refractivity contribution in [2.45, 2.75) is 5.41 Å². The van der Waals surface area contributed by atoms with Crippen molar-refractivity contribution >= 4 is 27.8 Å². The molecule has 1 aliphatic rings. The molecule has 0 aromatic heterocycles. The topological polar surface area (TPSA) is 3.24 Å². The van der Waals surface area contributed by atoms with E-state index >= 15 is 0 Å². The van der Waals surface area contributed by atoms with Gasteiger partial charge in [0.05, 0.1) is 11.1 Å². The second-order valence-electron chi connectivity index (χ2n) is 17.2. The van der Waals surface area contributed by atoms with E-state index in [1.165, 1.54) is 72.0 Å². The first kappa shape index (κ1) is 39.1. The fourth-order valence-electron chi connectivity index (χ4n) is 10.6. The van der Waals surface area contributed by atoms with E-state index in [4.69, 9.17) is 0 Å². The van der Waals surface area contributed by atoms with Crippen LogP contribution in [0, 0.1) is 0 Å². The van der Waals surface area contributed by atoms with E-state index in [2.05, 4.69) is 278 Å². The molecule has 0 saturated heterocycles. The normalized spacial score (nSPS) is 12.4. The van der Waals surface area contributed by atoms with E-state index in [0.29, 0.717) is 0 Å². The molecule has 310 valence electrons. The van der Waals surface area contributed by atoms with Gasteiger partial charge in [0.15, 0.2) is 0 Å². The highest BCUT2D eigenvalue weighted by atomic mass is 15.1. The largest absolute Gasteiger partial charge is 0.310 e. The summed E-state index contributed by atoms with van der Waals surface area (Å²) >= 11 is 0. The molecular formula is C65H45N. The van der Waals surface area contributed by atoms with Gasteiger partial charge in [-0.05, 0) is 119 Å². The molecule has 11 aromatic carbocycles. The summed E-state index contributed by atoms with van der Waals surface area (Å²) in [5.74, 6) is 0. The predicted molar refractivity (Wildman–Crippen MR) is 278 cm³/mol. The molecule has 0 unspecified atom stereocenters. The van der Waals surface area contributed by atoms with E-state index in [1.807, 2.05) is 0 Å². The molecule has 1 nitrogen and oxygen atoms in total. The third kappa shape index (κ3) is 6.64. The average Bonchev–Trinajstić information content (AvgIpc) is 3.70. The summed E-state index contributed by atoms with van der Waals surface area (Å²) < 4.78 is 0. The molecule has 66 heavy (non-hydrogen) atoms. The zero-order valence-electron chi connectivity index (χ0n) is 36.4. The molecule has 0 fully saturated rings. The summed E-state index contributed by atoms with van der Waals surface area (Å²) in [5.41, 5.74) is 19.8. The molecule has 0 bridgehead atoms. The standard InChI is InChI=1S/C65H45N/c1-4-19-46(20-5-1)47-37-39-49(40-38-47)59-32-13-15-36-64(59)66(55-30-17-24-51(44-55)50-23-16-25-52(43-50)58-34-18-22-48-21-10-11-31-57(48)58)56-41-42-61-60-33-12-14-35-62(60)65(63(61)45-56,53-26-6-2-7-27-53)54-28-8-3-9-29-54/h1-45H. The first-order valence-electron chi connectivity index (χ1n) is 22.8. The molecule has 0 N–H and O–H groups in total. The Hall–Kier alpha value is -8.52. The molecule has 12 rings (SSSR count). The lowest BCUT2D eigenvalue weighted by molar-refractivity contribution is 0.768. The van der Waals surface area contributed by atoms with Crippen LogP contribution >= 0.6 is 0 Å². The highest BCUT2D eigenvalue weighted by Gasteiger charge is 2.46. The first-order chi connectivity index (χ1) is 32.7. The van der Waals surface area contributed by atoms with E-state index in [0.717, 1.165) is 33.8 Å². The Balaban J connectivity index is 1.06. The average molecular weight is 840 g/mol. The maximum atomic E-state index is 2.47. The minimum absolute atomic E-state index is 0.535. The first-order valence-corrected chi connectivity index (χ1v) is 22.8. The second kappa shape index (κ2) is 16.6. The third-order valence-electron chi connectivity index (χ3n) is 13.5. The van der Waals surface area contributed by atoms with E-state index in [-0.39, 0.29) is 0 Å². The Labute approximate surface area is 387 Å². The summed E-state index contributed by atoms with van der Waals surface area (Å²) in [7, 11) is 0. The zero-order valence-corrected chi connectivity index (χ0v) is 36.4. The van der Waals surface area contributed by atoms with Crippen LogP contribution in [0.25, 0.3) is 66.4 Å². The fourth-order valence-corrected chi connectivity index (χ4v) is 10.6. The minimum Gasteiger partial charge on any atom is -0.310 e. The van der Waals surface area contributed by atoms with Gasteiger partial charge in [0.1, 0.15) is 0 Å². The smallest absolute Gasteiger partial charge is 0.0714 e. The SMILES string of the molecule is c1ccc(-c2ccc(-c3ccccc3N(c3cccc(-c4cccc(-c5cccc6ccccc56)c4)c3)c3ccc4c(c3)C(c3ccccc3)(c3ccccc3)c3ccccc3-4)cc2)cc1. The highest BCUT2D eigenvalue weighted by Crippen LogP contribution is 2.57. The van der Waals surface area contributed by atoms with Crippen LogP contribution in [0.15, 0.2) is 273 Å². The molecule has 0 atom stereocenters. The van der Waals surface area contributed by atoms with Crippen LogP contribution in [0.5, 0.6) is 0 Å². The maximum absolute atomic E-state index is 2.47. The summed E-state index contributed by atoms with van der Waals surface area (Å²) in [6, 6.07) is 100. The van der Waals surface area contributed by atoms with Crippen LogP contribution in [-0.4, -0.2) is 0 Å². The Morgan fingerprint density at radius 3 is 1.53 bits per heavy atom. The van der Waals surface area contributed by atoms with Gasteiger partial charge in [0.25, 0.3) is 0 Å². The summed E-state index contributed by atoms with van der Waals surface area (Å²) in [6.07, 6.45) is 0. The van der Waals surface area contributed by atoms with Crippen LogP contribution in [-0.2, 0) is 5.41 Å². The van der Waals surface area contributed by atoms with Crippen molar-refractivity contribution in [2.24, 2.45) is 0 Å². The molecule has 1 aliphatic carbocycles. The van der Waals surface area contributed by atoms with Crippen molar-refractivity contribution in [1.29, 1.82) is 0 Å². The molecule has 1 heteroatoms. The van der Waals surface area contributed by atoms with Crippen LogP contribution in [0.2, 0.25) is 0 Å². The monoisotopic (exact) mass is 839 g/mol. The van der Waals surface area contributed by atoms with Crippen molar-refractivity contribution < 1.29 is 0 Å². The molecule has 0 radical (unpaired) electrons. The lowest BCUT2D eigenvalue weighted by Gasteiger charge is -2.35. The predicted octanol–water partition coefficient (Wildman–Crippen LogP) is 17.3. The van der Waals surface area contributed by atoms with Gasteiger partial charge in [-0.1, -0.05) is 237 Å². The minimum atomic E-state index is -0.535. The van der Waals surface area contributed by atoms with Crippen LogP contribution < -0.4 is 4.90 Å². The van der Waals surface area contributed by atoms with Gasteiger partial charge in [-0.15, -0.1) is 0 Å². The van der Waals surface area contributed by atoms with Gasteiger partial charge in [-0.25, -0.2) is 0 Å². The van der Waals surface area contributed by atoms with Gasteiger partial charge in [0.2, 0.25) is 0 Å². The molecule has 0 heterocycles. The summed E-state index contributed by atoms with van der Waals surface area (Å²) in [4.78, 5) is 2.47. The molecule has 0 aliphatic heterocycles.